The molecule has 0 amide bonds. The molecular formula is C12H24O. The zero-order chi connectivity index (χ0) is 10.3. The van der Waals surface area contributed by atoms with Crippen LogP contribution in [0, 0.1) is 16.7 Å². The Morgan fingerprint density at radius 3 is 2.15 bits per heavy atom. The van der Waals surface area contributed by atoms with Gasteiger partial charge in [-0.25, -0.2) is 0 Å². The molecule has 2 atom stereocenters. The largest absolute Gasteiger partial charge is 0.381 e. The van der Waals surface area contributed by atoms with E-state index in [1.807, 2.05) is 7.11 Å². The zero-order valence-electron chi connectivity index (χ0n) is 9.98. The average Bonchev–Trinajstić information content (AvgIpc) is 1.95. The second-order valence-electron chi connectivity index (χ2n) is 6.10. The maximum Gasteiger partial charge on any atom is 0.0607 e. The van der Waals surface area contributed by atoms with Crippen LogP contribution in [-0.2, 0) is 4.74 Å². The number of methoxy groups -OCH3 is 1. The lowest BCUT2D eigenvalue weighted by Crippen LogP contribution is -2.44. The fourth-order valence-electron chi connectivity index (χ4n) is 2.98. The van der Waals surface area contributed by atoms with Crippen molar-refractivity contribution in [2.75, 3.05) is 7.11 Å². The van der Waals surface area contributed by atoms with Crippen molar-refractivity contribution in [3.05, 3.63) is 0 Å². The van der Waals surface area contributed by atoms with E-state index >= 15 is 0 Å². The summed E-state index contributed by atoms with van der Waals surface area (Å²) >= 11 is 0. The first-order valence-corrected chi connectivity index (χ1v) is 5.31. The summed E-state index contributed by atoms with van der Waals surface area (Å²) in [6, 6.07) is 0. The third-order valence-electron chi connectivity index (χ3n) is 3.78. The second-order valence-corrected chi connectivity index (χ2v) is 6.10. The van der Waals surface area contributed by atoms with Gasteiger partial charge in [0.1, 0.15) is 0 Å². The topological polar surface area (TPSA) is 9.23 Å². The van der Waals surface area contributed by atoms with Crippen LogP contribution in [0.3, 0.4) is 0 Å². The van der Waals surface area contributed by atoms with Crippen LogP contribution < -0.4 is 0 Å². The quantitative estimate of drug-likeness (QED) is 0.606. The molecule has 1 aliphatic rings. The third kappa shape index (κ3) is 2.25. The first-order chi connectivity index (χ1) is 5.78. The predicted octanol–water partition coefficient (Wildman–Crippen LogP) is 3.48. The molecule has 1 nitrogen and oxygen atoms in total. The van der Waals surface area contributed by atoms with Crippen molar-refractivity contribution in [1.29, 1.82) is 0 Å². The fraction of sp³-hybridized carbons (Fsp3) is 1.00. The van der Waals surface area contributed by atoms with Gasteiger partial charge in [0.05, 0.1) is 6.10 Å². The van der Waals surface area contributed by atoms with Crippen molar-refractivity contribution in [3.8, 4) is 0 Å². The third-order valence-corrected chi connectivity index (χ3v) is 3.78. The Kier molecular flexibility index (Phi) is 2.78. The molecular weight excluding hydrogens is 160 g/mol. The molecule has 1 fully saturated rings. The highest BCUT2D eigenvalue weighted by atomic mass is 16.5. The molecule has 0 aromatic rings. The van der Waals surface area contributed by atoms with Crippen molar-refractivity contribution in [1.82, 2.24) is 0 Å². The van der Waals surface area contributed by atoms with E-state index in [1.165, 1.54) is 12.8 Å². The summed E-state index contributed by atoms with van der Waals surface area (Å²) in [6.45, 7) is 11.8. The molecule has 1 aliphatic carbocycles. The minimum absolute atomic E-state index is 0.419. The second kappa shape index (κ2) is 3.27. The van der Waals surface area contributed by atoms with Gasteiger partial charge < -0.3 is 4.74 Å². The van der Waals surface area contributed by atoms with Gasteiger partial charge in [-0.15, -0.1) is 0 Å². The summed E-state index contributed by atoms with van der Waals surface area (Å²) in [4.78, 5) is 0. The Bertz CT molecular complexity index is 182. The van der Waals surface area contributed by atoms with E-state index in [0.29, 0.717) is 22.9 Å². The van der Waals surface area contributed by atoms with E-state index in [-0.39, 0.29) is 0 Å². The van der Waals surface area contributed by atoms with E-state index in [9.17, 15) is 0 Å². The molecule has 1 rings (SSSR count). The van der Waals surface area contributed by atoms with Gasteiger partial charge in [-0.1, -0.05) is 34.6 Å². The molecule has 1 heteroatoms. The molecule has 0 aliphatic heterocycles. The lowest BCUT2D eigenvalue weighted by atomic mass is 9.59. The highest BCUT2D eigenvalue weighted by Crippen LogP contribution is 2.49. The van der Waals surface area contributed by atoms with E-state index in [2.05, 4.69) is 34.6 Å². The van der Waals surface area contributed by atoms with Crippen LogP contribution in [0.5, 0.6) is 0 Å². The van der Waals surface area contributed by atoms with Gasteiger partial charge in [-0.05, 0) is 29.6 Å². The highest BCUT2D eigenvalue weighted by Gasteiger charge is 2.43. The Morgan fingerprint density at radius 2 is 1.69 bits per heavy atom. The molecule has 0 aromatic heterocycles. The van der Waals surface area contributed by atoms with Gasteiger partial charge in [0.2, 0.25) is 0 Å². The summed E-state index contributed by atoms with van der Waals surface area (Å²) in [5, 5.41) is 0. The minimum Gasteiger partial charge on any atom is -0.381 e. The van der Waals surface area contributed by atoms with Crippen molar-refractivity contribution >= 4 is 0 Å². The molecule has 2 unspecified atom stereocenters. The van der Waals surface area contributed by atoms with E-state index in [1.54, 1.807) is 0 Å². The van der Waals surface area contributed by atoms with Gasteiger partial charge >= 0.3 is 0 Å². The maximum atomic E-state index is 5.57. The smallest absolute Gasteiger partial charge is 0.0607 e. The molecule has 13 heavy (non-hydrogen) atoms. The fourth-order valence-corrected chi connectivity index (χ4v) is 2.98. The molecule has 0 saturated heterocycles. The average molecular weight is 184 g/mol. The normalized spacial score (nSPS) is 37.4. The van der Waals surface area contributed by atoms with Gasteiger partial charge in [-0.2, -0.15) is 0 Å². The predicted molar refractivity (Wildman–Crippen MR) is 56.8 cm³/mol. The van der Waals surface area contributed by atoms with Crippen molar-refractivity contribution in [2.24, 2.45) is 16.7 Å². The van der Waals surface area contributed by atoms with E-state index < -0.39 is 0 Å². The Morgan fingerprint density at radius 1 is 1.15 bits per heavy atom. The molecule has 0 heterocycles. The highest BCUT2D eigenvalue weighted by molar-refractivity contribution is 4.93. The molecule has 0 aromatic carbocycles. The summed E-state index contributed by atoms with van der Waals surface area (Å²) in [6.07, 6.45) is 2.95. The molecule has 78 valence electrons. The minimum atomic E-state index is 0.419. The van der Waals surface area contributed by atoms with Crippen LogP contribution in [0.1, 0.15) is 47.5 Å². The van der Waals surface area contributed by atoms with Crippen LogP contribution in [0.2, 0.25) is 0 Å². The first kappa shape index (κ1) is 11.0. The van der Waals surface area contributed by atoms with Gasteiger partial charge in [0.15, 0.2) is 0 Å². The summed E-state index contributed by atoms with van der Waals surface area (Å²) in [5.74, 6) is 0.672. The Labute approximate surface area is 82.9 Å². The molecule has 0 N–H and O–H groups in total. The standard InChI is InChI=1S/C12H24O/c1-9-10(13-6)7-11(2,3)8-12(9,4)5/h9-10H,7-8H2,1-6H3. The van der Waals surface area contributed by atoms with Crippen LogP contribution >= 0.6 is 0 Å². The number of hydrogen-bond acceptors (Lipinski definition) is 1. The molecule has 0 spiro atoms. The summed E-state index contributed by atoms with van der Waals surface area (Å²) < 4.78 is 5.57. The monoisotopic (exact) mass is 184 g/mol. The van der Waals surface area contributed by atoms with Crippen LogP contribution in [0.25, 0.3) is 0 Å². The SMILES string of the molecule is COC1CC(C)(C)CC(C)(C)C1C. The lowest BCUT2D eigenvalue weighted by molar-refractivity contribution is -0.0741. The van der Waals surface area contributed by atoms with Crippen LogP contribution in [0.15, 0.2) is 0 Å². The number of hydrogen-bond donors (Lipinski definition) is 0. The van der Waals surface area contributed by atoms with Crippen molar-refractivity contribution in [2.45, 2.75) is 53.6 Å². The molecule has 1 saturated carbocycles. The van der Waals surface area contributed by atoms with Crippen molar-refractivity contribution < 1.29 is 4.74 Å². The van der Waals surface area contributed by atoms with Gasteiger partial charge in [0, 0.05) is 7.11 Å². The first-order valence-electron chi connectivity index (χ1n) is 5.31. The van der Waals surface area contributed by atoms with Gasteiger partial charge in [-0.3, -0.25) is 0 Å². The summed E-state index contributed by atoms with van der Waals surface area (Å²) in [5.41, 5.74) is 0.860. The summed E-state index contributed by atoms with van der Waals surface area (Å²) in [7, 11) is 1.85. The number of ether oxygens (including phenoxy) is 1. The number of rotatable bonds is 1. The Hall–Kier alpha value is -0.0400. The zero-order valence-corrected chi connectivity index (χ0v) is 9.98. The Balaban J connectivity index is 2.81. The maximum absolute atomic E-state index is 5.57. The lowest BCUT2D eigenvalue weighted by Gasteiger charge is -2.49. The van der Waals surface area contributed by atoms with Crippen LogP contribution in [-0.4, -0.2) is 13.2 Å². The van der Waals surface area contributed by atoms with E-state index in [0.717, 1.165) is 0 Å². The van der Waals surface area contributed by atoms with Gasteiger partial charge in [0.25, 0.3) is 0 Å². The van der Waals surface area contributed by atoms with E-state index in [4.69, 9.17) is 4.74 Å². The van der Waals surface area contributed by atoms with Crippen molar-refractivity contribution in [3.63, 3.8) is 0 Å². The molecule has 0 radical (unpaired) electrons. The molecule has 0 bridgehead atoms. The van der Waals surface area contributed by atoms with Crippen LogP contribution in [0.4, 0.5) is 0 Å².